The van der Waals surface area contributed by atoms with Gasteiger partial charge in [-0.15, -0.1) is 0 Å². The SMILES string of the molecule is CN=C(C(=O)NC)C(=CN)NC(O)c1nc(N2CCCC2)cnc1Nc1cncnc1. The largest absolute Gasteiger partial charge is 0.403 e. The van der Waals surface area contributed by atoms with Gasteiger partial charge in [0.05, 0.1) is 30.0 Å². The molecular weight excluding hydrogens is 400 g/mol. The molecule has 1 atom stereocenters. The van der Waals surface area contributed by atoms with Gasteiger partial charge in [0, 0.05) is 33.4 Å². The van der Waals surface area contributed by atoms with Crippen LogP contribution in [-0.2, 0) is 4.79 Å². The van der Waals surface area contributed by atoms with Gasteiger partial charge >= 0.3 is 0 Å². The van der Waals surface area contributed by atoms with Gasteiger partial charge in [0.25, 0.3) is 5.91 Å². The Hall–Kier alpha value is -3.80. The van der Waals surface area contributed by atoms with E-state index in [1.54, 1.807) is 18.6 Å². The zero-order chi connectivity index (χ0) is 22.2. The number of nitrogens with zero attached hydrogens (tertiary/aromatic N) is 6. The molecule has 0 radical (unpaired) electrons. The molecule has 12 nitrogen and oxygen atoms in total. The van der Waals surface area contributed by atoms with E-state index in [2.05, 4.69) is 45.8 Å². The van der Waals surface area contributed by atoms with Crippen LogP contribution in [0.5, 0.6) is 0 Å². The summed E-state index contributed by atoms with van der Waals surface area (Å²) in [6.45, 7) is 1.74. The third-order valence-corrected chi connectivity index (χ3v) is 4.68. The molecule has 0 aromatic carbocycles. The minimum atomic E-state index is -1.33. The highest BCUT2D eigenvalue weighted by molar-refractivity contribution is 6.45. The van der Waals surface area contributed by atoms with Crippen LogP contribution in [0.1, 0.15) is 24.8 Å². The van der Waals surface area contributed by atoms with Crippen LogP contribution in [0.15, 0.2) is 41.8 Å². The van der Waals surface area contributed by atoms with Gasteiger partial charge in [-0.05, 0) is 12.8 Å². The van der Waals surface area contributed by atoms with Crippen LogP contribution >= 0.6 is 0 Å². The molecule has 0 aliphatic carbocycles. The van der Waals surface area contributed by atoms with E-state index >= 15 is 0 Å². The molecule has 1 amide bonds. The number of aliphatic imine (C=N–C) groups is 1. The smallest absolute Gasteiger partial charge is 0.271 e. The number of nitrogens with two attached hydrogens (primary N) is 1. The van der Waals surface area contributed by atoms with Gasteiger partial charge in [-0.3, -0.25) is 9.79 Å². The Labute approximate surface area is 179 Å². The standard InChI is InChI=1S/C19H26N10O2/c1-21-15(18(30)22-2)13(7-20)27-19(31)16-17(26-12-8-23-11-24-9-12)25-10-14(28-16)29-5-3-4-6-29/h7-11,19,27,31H,3-6,20H2,1-2H3,(H,22,30)(H,25,26). The molecule has 1 fully saturated rings. The summed E-state index contributed by atoms with van der Waals surface area (Å²) in [6.07, 6.45) is 8.18. The Morgan fingerprint density at radius 3 is 2.61 bits per heavy atom. The van der Waals surface area contributed by atoms with Crippen LogP contribution in [0.25, 0.3) is 0 Å². The lowest BCUT2D eigenvalue weighted by Crippen LogP contribution is -2.36. The fourth-order valence-electron chi connectivity index (χ4n) is 3.15. The van der Waals surface area contributed by atoms with Crippen molar-refractivity contribution in [2.45, 2.75) is 19.1 Å². The summed E-state index contributed by atoms with van der Waals surface area (Å²) in [5.41, 5.74) is 6.68. The molecule has 1 aliphatic heterocycles. The van der Waals surface area contributed by atoms with E-state index < -0.39 is 12.1 Å². The van der Waals surface area contributed by atoms with E-state index in [4.69, 9.17) is 5.73 Å². The lowest BCUT2D eigenvalue weighted by atomic mass is 10.2. The number of aromatic nitrogens is 4. The Kier molecular flexibility index (Phi) is 7.27. The molecule has 3 rings (SSSR count). The van der Waals surface area contributed by atoms with Crippen LogP contribution < -0.4 is 26.6 Å². The number of aliphatic hydroxyl groups excluding tert-OH is 1. The monoisotopic (exact) mass is 426 g/mol. The first-order valence-corrected chi connectivity index (χ1v) is 9.77. The number of carbonyl (C=O) groups is 1. The van der Waals surface area contributed by atoms with E-state index in [-0.39, 0.29) is 17.1 Å². The predicted octanol–water partition coefficient (Wildman–Crippen LogP) is -0.192. The van der Waals surface area contributed by atoms with Crippen LogP contribution in [0.2, 0.25) is 0 Å². The van der Waals surface area contributed by atoms with Crippen molar-refractivity contribution in [3.8, 4) is 0 Å². The molecule has 1 unspecified atom stereocenters. The number of amides is 1. The van der Waals surface area contributed by atoms with E-state index in [9.17, 15) is 9.90 Å². The Balaban J connectivity index is 1.93. The Bertz CT molecular complexity index is 957. The predicted molar refractivity (Wildman–Crippen MR) is 117 cm³/mol. The molecule has 1 saturated heterocycles. The van der Waals surface area contributed by atoms with Crippen molar-refractivity contribution in [1.82, 2.24) is 30.6 Å². The lowest BCUT2D eigenvalue weighted by Gasteiger charge is -2.22. The molecule has 6 N–H and O–H groups in total. The summed E-state index contributed by atoms with van der Waals surface area (Å²) in [7, 11) is 2.94. The van der Waals surface area contributed by atoms with Crippen LogP contribution in [0, 0.1) is 0 Å². The third kappa shape index (κ3) is 5.22. The first kappa shape index (κ1) is 21.9. The average molecular weight is 426 g/mol. The first-order chi connectivity index (χ1) is 15.1. The normalized spacial score (nSPS) is 15.5. The van der Waals surface area contributed by atoms with E-state index in [1.165, 1.54) is 20.4 Å². The van der Waals surface area contributed by atoms with Crippen molar-refractivity contribution in [3.05, 3.63) is 42.5 Å². The number of rotatable bonds is 8. The van der Waals surface area contributed by atoms with Gasteiger partial charge in [0.1, 0.15) is 23.6 Å². The van der Waals surface area contributed by atoms with Gasteiger partial charge in [-0.25, -0.2) is 19.9 Å². The highest BCUT2D eigenvalue weighted by Gasteiger charge is 2.24. The Morgan fingerprint density at radius 2 is 2.00 bits per heavy atom. The first-order valence-electron chi connectivity index (χ1n) is 9.77. The highest BCUT2D eigenvalue weighted by Crippen LogP contribution is 2.26. The van der Waals surface area contributed by atoms with Gasteiger partial charge in [-0.2, -0.15) is 0 Å². The number of hydrogen-bond acceptors (Lipinski definition) is 11. The van der Waals surface area contributed by atoms with Crippen molar-refractivity contribution in [1.29, 1.82) is 0 Å². The molecular formula is C19H26N10O2. The maximum Gasteiger partial charge on any atom is 0.271 e. The summed E-state index contributed by atoms with van der Waals surface area (Å²) in [6, 6.07) is 0. The summed E-state index contributed by atoms with van der Waals surface area (Å²) < 4.78 is 0. The fraction of sp³-hybridized carbons (Fsp3) is 0.368. The molecule has 0 saturated carbocycles. The summed E-state index contributed by atoms with van der Waals surface area (Å²) in [5, 5.41) is 19.3. The molecule has 12 heteroatoms. The van der Waals surface area contributed by atoms with Crippen molar-refractivity contribution in [3.63, 3.8) is 0 Å². The van der Waals surface area contributed by atoms with Crippen molar-refractivity contribution in [2.75, 3.05) is 37.4 Å². The van der Waals surface area contributed by atoms with Crippen LogP contribution in [0.4, 0.5) is 17.3 Å². The molecule has 1 aliphatic rings. The second-order valence-corrected chi connectivity index (χ2v) is 6.69. The van der Waals surface area contributed by atoms with Crippen molar-refractivity contribution >= 4 is 28.9 Å². The number of nitrogens with one attached hydrogen (secondary N) is 3. The number of carbonyl (C=O) groups excluding carboxylic acids is 1. The van der Waals surface area contributed by atoms with Crippen LogP contribution in [-0.4, -0.2) is 63.8 Å². The maximum atomic E-state index is 12.1. The molecule has 2 aromatic rings. The zero-order valence-corrected chi connectivity index (χ0v) is 17.4. The molecule has 0 bridgehead atoms. The van der Waals surface area contributed by atoms with Crippen LogP contribution in [0.3, 0.4) is 0 Å². The summed E-state index contributed by atoms with van der Waals surface area (Å²) >= 11 is 0. The maximum absolute atomic E-state index is 12.1. The second kappa shape index (κ2) is 10.3. The summed E-state index contributed by atoms with van der Waals surface area (Å²) in [5.74, 6) is 0.511. The number of hydrogen-bond donors (Lipinski definition) is 5. The quantitative estimate of drug-likeness (QED) is 0.282. The van der Waals surface area contributed by atoms with Gasteiger partial charge in [0.2, 0.25) is 0 Å². The molecule has 164 valence electrons. The average Bonchev–Trinajstić information content (AvgIpc) is 3.34. The minimum absolute atomic E-state index is 0.0404. The van der Waals surface area contributed by atoms with Crippen molar-refractivity contribution < 1.29 is 9.90 Å². The topological polar surface area (TPSA) is 167 Å². The minimum Gasteiger partial charge on any atom is -0.403 e. The molecule has 0 spiro atoms. The number of anilines is 3. The Morgan fingerprint density at radius 1 is 1.29 bits per heavy atom. The van der Waals surface area contributed by atoms with Crippen molar-refractivity contribution in [2.24, 2.45) is 10.7 Å². The molecule has 2 aromatic heterocycles. The molecule has 31 heavy (non-hydrogen) atoms. The number of aliphatic hydroxyl groups is 1. The zero-order valence-electron chi connectivity index (χ0n) is 17.4. The fourth-order valence-corrected chi connectivity index (χ4v) is 3.15. The van der Waals surface area contributed by atoms with Gasteiger partial charge in [-0.1, -0.05) is 0 Å². The summed E-state index contributed by atoms with van der Waals surface area (Å²) in [4.78, 5) is 35.1. The van der Waals surface area contributed by atoms with E-state index in [1.807, 2.05) is 0 Å². The highest BCUT2D eigenvalue weighted by atomic mass is 16.3. The van der Waals surface area contributed by atoms with Gasteiger partial charge < -0.3 is 31.7 Å². The molecule has 3 heterocycles. The third-order valence-electron chi connectivity index (χ3n) is 4.68. The second-order valence-electron chi connectivity index (χ2n) is 6.69. The van der Waals surface area contributed by atoms with E-state index in [0.717, 1.165) is 32.1 Å². The lowest BCUT2D eigenvalue weighted by molar-refractivity contribution is -0.114. The van der Waals surface area contributed by atoms with Gasteiger partial charge in [0.15, 0.2) is 12.0 Å². The van der Waals surface area contributed by atoms with E-state index in [0.29, 0.717) is 17.3 Å².